The molecule has 0 fully saturated rings. The SMILES string of the molecule is Nc1ccc(F)cc1NC(=O)c1ccc(CNC(=O)/C=C/c2cnc3cccnn23)cc1. The third-order valence-electron chi connectivity index (χ3n) is 4.66. The normalized spacial score (nSPS) is 11.0. The summed E-state index contributed by atoms with van der Waals surface area (Å²) in [7, 11) is 0. The van der Waals surface area contributed by atoms with Gasteiger partial charge in [0.25, 0.3) is 5.91 Å². The monoisotopic (exact) mass is 430 g/mol. The number of hydrogen-bond donors (Lipinski definition) is 3. The average molecular weight is 430 g/mol. The molecule has 2 heterocycles. The third kappa shape index (κ3) is 4.78. The Bertz CT molecular complexity index is 1310. The summed E-state index contributed by atoms with van der Waals surface area (Å²) in [5, 5.41) is 9.55. The van der Waals surface area contributed by atoms with Crippen LogP contribution in [0.4, 0.5) is 15.8 Å². The fraction of sp³-hybridized carbons (Fsp3) is 0.0435. The van der Waals surface area contributed by atoms with Crippen molar-refractivity contribution in [2.24, 2.45) is 0 Å². The van der Waals surface area contributed by atoms with Crippen LogP contribution in [0.15, 0.2) is 73.1 Å². The zero-order valence-corrected chi connectivity index (χ0v) is 16.8. The van der Waals surface area contributed by atoms with E-state index in [9.17, 15) is 14.0 Å². The number of rotatable bonds is 6. The van der Waals surface area contributed by atoms with Crippen molar-refractivity contribution >= 4 is 34.9 Å². The van der Waals surface area contributed by atoms with Gasteiger partial charge < -0.3 is 16.4 Å². The standard InChI is InChI=1S/C23H19FN6O2/c24-17-7-9-19(25)20(12-17)29-23(32)16-5-3-15(4-6-16)13-27-22(31)10-8-18-14-26-21-2-1-11-28-30(18)21/h1-12,14H,13,25H2,(H,27,31)(H,29,32)/b10-8+. The summed E-state index contributed by atoms with van der Waals surface area (Å²) in [6.45, 7) is 0.285. The molecule has 0 unspecified atom stereocenters. The number of nitrogens with one attached hydrogen (secondary N) is 2. The van der Waals surface area contributed by atoms with Crippen LogP contribution in [0, 0.1) is 5.82 Å². The number of imidazole rings is 1. The van der Waals surface area contributed by atoms with Crippen LogP contribution in [0.3, 0.4) is 0 Å². The summed E-state index contributed by atoms with van der Waals surface area (Å²) in [6.07, 6.45) is 6.31. The van der Waals surface area contributed by atoms with Crippen molar-refractivity contribution < 1.29 is 14.0 Å². The van der Waals surface area contributed by atoms with Crippen LogP contribution < -0.4 is 16.4 Å². The number of nitrogen functional groups attached to an aromatic ring is 1. The second-order valence-electron chi connectivity index (χ2n) is 6.91. The number of benzene rings is 2. The predicted molar refractivity (Wildman–Crippen MR) is 119 cm³/mol. The van der Waals surface area contributed by atoms with Crippen molar-refractivity contribution in [1.82, 2.24) is 19.9 Å². The van der Waals surface area contributed by atoms with Crippen LogP contribution in [0.25, 0.3) is 11.7 Å². The van der Waals surface area contributed by atoms with E-state index >= 15 is 0 Å². The topological polar surface area (TPSA) is 114 Å². The maximum Gasteiger partial charge on any atom is 0.255 e. The Balaban J connectivity index is 1.33. The van der Waals surface area contributed by atoms with Crippen LogP contribution in [0.2, 0.25) is 0 Å². The van der Waals surface area contributed by atoms with Crippen molar-refractivity contribution in [1.29, 1.82) is 0 Å². The first-order valence-corrected chi connectivity index (χ1v) is 9.69. The molecule has 4 N–H and O–H groups in total. The molecule has 0 saturated carbocycles. The first kappa shape index (κ1) is 20.7. The highest BCUT2D eigenvalue weighted by Crippen LogP contribution is 2.20. The highest BCUT2D eigenvalue weighted by atomic mass is 19.1. The third-order valence-corrected chi connectivity index (χ3v) is 4.66. The molecule has 160 valence electrons. The van der Waals surface area contributed by atoms with E-state index in [0.717, 1.165) is 11.6 Å². The molecule has 0 radical (unpaired) electrons. The molecule has 0 aliphatic carbocycles. The van der Waals surface area contributed by atoms with E-state index < -0.39 is 11.7 Å². The average Bonchev–Trinajstić information content (AvgIpc) is 3.22. The van der Waals surface area contributed by atoms with E-state index in [1.807, 2.05) is 6.07 Å². The Hall–Kier alpha value is -4.53. The number of anilines is 2. The van der Waals surface area contributed by atoms with Gasteiger partial charge in [-0.3, -0.25) is 9.59 Å². The number of nitrogens with two attached hydrogens (primary N) is 1. The van der Waals surface area contributed by atoms with E-state index in [1.165, 1.54) is 18.2 Å². The Morgan fingerprint density at radius 3 is 2.75 bits per heavy atom. The highest BCUT2D eigenvalue weighted by Gasteiger charge is 2.09. The first-order valence-electron chi connectivity index (χ1n) is 9.69. The first-order chi connectivity index (χ1) is 15.5. The van der Waals surface area contributed by atoms with Gasteiger partial charge in [-0.05, 0) is 54.1 Å². The number of fused-ring (bicyclic) bond motifs is 1. The molecule has 0 spiro atoms. The Morgan fingerprint density at radius 2 is 1.94 bits per heavy atom. The summed E-state index contributed by atoms with van der Waals surface area (Å²) in [6, 6.07) is 14.1. The quantitative estimate of drug-likeness (QED) is 0.321. The summed E-state index contributed by atoms with van der Waals surface area (Å²) < 4.78 is 15.0. The second kappa shape index (κ2) is 9.09. The zero-order valence-electron chi connectivity index (χ0n) is 16.8. The molecule has 0 saturated heterocycles. The summed E-state index contributed by atoms with van der Waals surface area (Å²) >= 11 is 0. The molecule has 2 aromatic carbocycles. The van der Waals surface area contributed by atoms with Crippen LogP contribution >= 0.6 is 0 Å². The van der Waals surface area contributed by atoms with Gasteiger partial charge in [0, 0.05) is 24.4 Å². The molecular formula is C23H19FN6O2. The van der Waals surface area contributed by atoms with E-state index in [0.29, 0.717) is 16.9 Å². The second-order valence-corrected chi connectivity index (χ2v) is 6.91. The Morgan fingerprint density at radius 1 is 1.12 bits per heavy atom. The van der Waals surface area contributed by atoms with Crippen LogP contribution in [0.1, 0.15) is 21.6 Å². The van der Waals surface area contributed by atoms with Gasteiger partial charge in [0.15, 0.2) is 5.65 Å². The number of carbonyl (C=O) groups is 2. The van der Waals surface area contributed by atoms with E-state index in [4.69, 9.17) is 5.73 Å². The van der Waals surface area contributed by atoms with E-state index in [-0.39, 0.29) is 23.8 Å². The van der Waals surface area contributed by atoms with Gasteiger partial charge in [0.05, 0.1) is 23.3 Å². The number of nitrogens with zero attached hydrogens (tertiary/aromatic N) is 3. The molecule has 2 amide bonds. The molecule has 4 aromatic rings. The maximum absolute atomic E-state index is 13.4. The van der Waals surface area contributed by atoms with Crippen LogP contribution in [-0.4, -0.2) is 26.4 Å². The van der Waals surface area contributed by atoms with Gasteiger partial charge in [-0.2, -0.15) is 5.10 Å². The Labute approximate surface area is 182 Å². The summed E-state index contributed by atoms with van der Waals surface area (Å²) in [5.41, 5.74) is 8.80. The molecule has 4 rings (SSSR count). The number of carbonyl (C=O) groups excluding carboxylic acids is 2. The fourth-order valence-electron chi connectivity index (χ4n) is 2.98. The lowest BCUT2D eigenvalue weighted by Crippen LogP contribution is -2.20. The minimum Gasteiger partial charge on any atom is -0.397 e. The largest absolute Gasteiger partial charge is 0.397 e. The van der Waals surface area contributed by atoms with Gasteiger partial charge >= 0.3 is 0 Å². The molecule has 0 aliphatic heterocycles. The summed E-state index contributed by atoms with van der Waals surface area (Å²) in [5.74, 6) is -1.19. The smallest absolute Gasteiger partial charge is 0.255 e. The van der Waals surface area contributed by atoms with Gasteiger partial charge in [-0.25, -0.2) is 13.9 Å². The highest BCUT2D eigenvalue weighted by molar-refractivity contribution is 6.05. The van der Waals surface area contributed by atoms with Crippen LogP contribution in [0.5, 0.6) is 0 Å². The van der Waals surface area contributed by atoms with Crippen molar-refractivity contribution in [3.05, 3.63) is 95.7 Å². The summed E-state index contributed by atoms with van der Waals surface area (Å²) in [4.78, 5) is 28.7. The predicted octanol–water partition coefficient (Wildman–Crippen LogP) is 3.03. The molecule has 9 heteroatoms. The lowest BCUT2D eigenvalue weighted by molar-refractivity contribution is -0.116. The Kier molecular flexibility index (Phi) is 5.89. The minimum absolute atomic E-state index is 0.208. The van der Waals surface area contributed by atoms with Crippen molar-refractivity contribution in [2.75, 3.05) is 11.1 Å². The van der Waals surface area contributed by atoms with Crippen LogP contribution in [-0.2, 0) is 11.3 Å². The molecule has 2 aromatic heterocycles. The van der Waals surface area contributed by atoms with Crippen molar-refractivity contribution in [3.8, 4) is 0 Å². The number of amides is 2. The van der Waals surface area contributed by atoms with Gasteiger partial charge in [-0.1, -0.05) is 12.1 Å². The lowest BCUT2D eigenvalue weighted by atomic mass is 10.1. The van der Waals surface area contributed by atoms with Crippen molar-refractivity contribution in [2.45, 2.75) is 6.54 Å². The molecule has 0 atom stereocenters. The number of halogens is 1. The van der Waals surface area contributed by atoms with E-state index in [2.05, 4.69) is 20.7 Å². The van der Waals surface area contributed by atoms with E-state index in [1.54, 1.807) is 53.3 Å². The lowest BCUT2D eigenvalue weighted by Gasteiger charge is -2.09. The zero-order chi connectivity index (χ0) is 22.5. The molecule has 0 bridgehead atoms. The van der Waals surface area contributed by atoms with Gasteiger partial charge in [0.2, 0.25) is 5.91 Å². The van der Waals surface area contributed by atoms with Gasteiger partial charge in [-0.15, -0.1) is 0 Å². The molecule has 0 aliphatic rings. The molecular weight excluding hydrogens is 411 g/mol. The molecule has 32 heavy (non-hydrogen) atoms. The number of hydrogen-bond acceptors (Lipinski definition) is 5. The maximum atomic E-state index is 13.4. The minimum atomic E-state index is -0.493. The van der Waals surface area contributed by atoms with Crippen molar-refractivity contribution in [3.63, 3.8) is 0 Å². The van der Waals surface area contributed by atoms with Gasteiger partial charge in [0.1, 0.15) is 5.82 Å². The number of aromatic nitrogens is 3. The fourth-order valence-corrected chi connectivity index (χ4v) is 2.98. The molecule has 8 nitrogen and oxygen atoms in total.